The maximum atomic E-state index is 12.3. The van der Waals surface area contributed by atoms with Gasteiger partial charge in [0.15, 0.2) is 10.1 Å². The van der Waals surface area contributed by atoms with Gasteiger partial charge in [-0.25, -0.2) is 4.98 Å². The maximum absolute atomic E-state index is 12.3. The van der Waals surface area contributed by atoms with Crippen molar-refractivity contribution in [1.82, 2.24) is 4.98 Å². The number of aromatic nitrogens is 1. The molecule has 0 aliphatic rings. The molecule has 0 N–H and O–H groups in total. The van der Waals surface area contributed by atoms with E-state index in [4.69, 9.17) is 0 Å². The Balaban J connectivity index is 1.78. The van der Waals surface area contributed by atoms with E-state index in [1.165, 1.54) is 11.8 Å². The van der Waals surface area contributed by atoms with Crippen LogP contribution in [0.3, 0.4) is 0 Å². The molecule has 100 valence electrons. The molecule has 1 heterocycles. The summed E-state index contributed by atoms with van der Waals surface area (Å²) in [7, 11) is 0. The third-order valence-corrected chi connectivity index (χ3v) is 5.21. The summed E-state index contributed by atoms with van der Waals surface area (Å²) in [6.07, 6.45) is 0. The molecular formula is C16H13NOS2. The van der Waals surface area contributed by atoms with Crippen LogP contribution in [0, 0.1) is 0 Å². The number of fused-ring (bicyclic) bond motifs is 1. The first-order chi connectivity index (χ1) is 9.74. The van der Waals surface area contributed by atoms with E-state index in [1.54, 1.807) is 11.3 Å². The van der Waals surface area contributed by atoms with Crippen LogP contribution in [-0.4, -0.2) is 16.0 Å². The van der Waals surface area contributed by atoms with Gasteiger partial charge in [0, 0.05) is 5.56 Å². The molecule has 1 aromatic heterocycles. The number of hydrogen-bond donors (Lipinski definition) is 0. The predicted molar refractivity (Wildman–Crippen MR) is 85.7 cm³/mol. The minimum atomic E-state index is -0.127. The predicted octanol–water partition coefficient (Wildman–Crippen LogP) is 4.66. The number of benzene rings is 2. The van der Waals surface area contributed by atoms with E-state index in [2.05, 4.69) is 11.1 Å². The fraction of sp³-hybridized carbons (Fsp3) is 0.125. The Hall–Kier alpha value is -1.65. The molecule has 0 unspecified atom stereocenters. The van der Waals surface area contributed by atoms with Crippen molar-refractivity contribution in [2.75, 3.05) is 0 Å². The van der Waals surface area contributed by atoms with Crippen LogP contribution < -0.4 is 0 Å². The SMILES string of the molecule is C[C@H](Sc1nc2ccccc2s1)C(=O)c1ccccc1. The van der Waals surface area contributed by atoms with Crippen LogP contribution in [0.15, 0.2) is 58.9 Å². The highest BCUT2D eigenvalue weighted by Crippen LogP contribution is 2.32. The monoisotopic (exact) mass is 299 g/mol. The van der Waals surface area contributed by atoms with Gasteiger partial charge in [-0.15, -0.1) is 11.3 Å². The van der Waals surface area contributed by atoms with Crippen LogP contribution in [0.5, 0.6) is 0 Å². The third kappa shape index (κ3) is 2.76. The topological polar surface area (TPSA) is 30.0 Å². The summed E-state index contributed by atoms with van der Waals surface area (Å²) in [6, 6.07) is 17.5. The first kappa shape index (κ1) is 13.3. The molecule has 0 amide bonds. The zero-order chi connectivity index (χ0) is 13.9. The molecule has 3 aromatic rings. The van der Waals surface area contributed by atoms with Gasteiger partial charge in [-0.1, -0.05) is 54.2 Å². The van der Waals surface area contributed by atoms with Crippen molar-refractivity contribution < 1.29 is 4.79 Å². The van der Waals surface area contributed by atoms with Crippen LogP contribution in [0.4, 0.5) is 0 Å². The molecule has 3 rings (SSSR count). The first-order valence-electron chi connectivity index (χ1n) is 6.35. The van der Waals surface area contributed by atoms with Gasteiger partial charge in [0.1, 0.15) is 0 Å². The number of Topliss-reactive ketones (excluding diaryl/α,β-unsaturated/α-hetero) is 1. The molecule has 20 heavy (non-hydrogen) atoms. The molecule has 0 aliphatic heterocycles. The Bertz CT molecular complexity index is 703. The van der Waals surface area contributed by atoms with E-state index in [0.29, 0.717) is 0 Å². The lowest BCUT2D eigenvalue weighted by Gasteiger charge is -2.07. The zero-order valence-electron chi connectivity index (χ0n) is 10.9. The van der Waals surface area contributed by atoms with Crippen LogP contribution in [-0.2, 0) is 0 Å². The Labute approximate surface area is 125 Å². The second-order valence-corrected chi connectivity index (χ2v) is 7.06. The molecule has 0 radical (unpaired) electrons. The molecule has 0 aliphatic carbocycles. The zero-order valence-corrected chi connectivity index (χ0v) is 12.6. The van der Waals surface area contributed by atoms with Crippen molar-refractivity contribution in [2.24, 2.45) is 0 Å². The summed E-state index contributed by atoms with van der Waals surface area (Å²) in [5.74, 6) is 0.148. The molecule has 0 spiro atoms. The summed E-state index contributed by atoms with van der Waals surface area (Å²) in [4.78, 5) is 16.9. The number of rotatable bonds is 4. The Kier molecular flexibility index (Phi) is 3.85. The fourth-order valence-corrected chi connectivity index (χ4v) is 4.23. The Morgan fingerprint density at radius 2 is 1.80 bits per heavy atom. The largest absolute Gasteiger partial charge is 0.293 e. The summed E-state index contributed by atoms with van der Waals surface area (Å²) in [5.41, 5.74) is 1.76. The van der Waals surface area contributed by atoms with Gasteiger partial charge in [0.05, 0.1) is 15.5 Å². The molecule has 1 atom stereocenters. The van der Waals surface area contributed by atoms with Gasteiger partial charge in [0.2, 0.25) is 0 Å². The molecule has 0 fully saturated rings. The lowest BCUT2D eigenvalue weighted by atomic mass is 10.1. The second-order valence-electron chi connectivity index (χ2n) is 4.44. The molecule has 2 nitrogen and oxygen atoms in total. The highest BCUT2D eigenvalue weighted by molar-refractivity contribution is 8.02. The molecule has 2 aromatic carbocycles. The number of para-hydroxylation sites is 1. The van der Waals surface area contributed by atoms with Crippen LogP contribution in [0.2, 0.25) is 0 Å². The highest BCUT2D eigenvalue weighted by Gasteiger charge is 2.18. The number of carbonyl (C=O) groups excluding carboxylic acids is 1. The van der Waals surface area contributed by atoms with Gasteiger partial charge < -0.3 is 0 Å². The standard InChI is InChI=1S/C16H13NOS2/c1-11(15(18)12-7-3-2-4-8-12)19-16-17-13-9-5-6-10-14(13)20-16/h2-11H,1H3/t11-/m0/s1. The normalized spacial score (nSPS) is 12.4. The summed E-state index contributed by atoms with van der Waals surface area (Å²) < 4.78 is 2.11. The summed E-state index contributed by atoms with van der Waals surface area (Å²) in [5, 5.41) is -0.127. The molecule has 4 heteroatoms. The van der Waals surface area contributed by atoms with Crippen LogP contribution in [0.25, 0.3) is 10.2 Å². The van der Waals surface area contributed by atoms with Crippen molar-refractivity contribution in [1.29, 1.82) is 0 Å². The number of ketones is 1. The smallest absolute Gasteiger partial charge is 0.175 e. The molecular weight excluding hydrogens is 286 g/mol. The maximum Gasteiger partial charge on any atom is 0.175 e. The summed E-state index contributed by atoms with van der Waals surface area (Å²) >= 11 is 3.17. The Morgan fingerprint density at radius 3 is 2.55 bits per heavy atom. The lowest BCUT2D eigenvalue weighted by molar-refractivity contribution is 0.0994. The first-order valence-corrected chi connectivity index (χ1v) is 8.05. The quantitative estimate of drug-likeness (QED) is 0.518. The van der Waals surface area contributed by atoms with Crippen LogP contribution in [0.1, 0.15) is 17.3 Å². The number of thioether (sulfide) groups is 1. The number of nitrogens with zero attached hydrogens (tertiary/aromatic N) is 1. The third-order valence-electron chi connectivity index (χ3n) is 2.98. The minimum absolute atomic E-state index is 0.127. The van der Waals surface area contributed by atoms with Crippen molar-refractivity contribution in [3.63, 3.8) is 0 Å². The van der Waals surface area contributed by atoms with Crippen molar-refractivity contribution in [2.45, 2.75) is 16.5 Å². The van der Waals surface area contributed by atoms with Crippen molar-refractivity contribution in [3.8, 4) is 0 Å². The summed E-state index contributed by atoms with van der Waals surface area (Å²) in [6.45, 7) is 1.94. The Morgan fingerprint density at radius 1 is 1.10 bits per heavy atom. The van der Waals surface area contributed by atoms with E-state index in [0.717, 1.165) is 20.1 Å². The van der Waals surface area contributed by atoms with Gasteiger partial charge in [0.25, 0.3) is 0 Å². The number of thiazole rings is 1. The van der Waals surface area contributed by atoms with Crippen molar-refractivity contribution in [3.05, 3.63) is 60.2 Å². The minimum Gasteiger partial charge on any atom is -0.293 e. The lowest BCUT2D eigenvalue weighted by Crippen LogP contribution is -2.13. The number of hydrogen-bond acceptors (Lipinski definition) is 4. The fourth-order valence-electron chi connectivity index (χ4n) is 1.94. The molecule has 0 saturated heterocycles. The average Bonchev–Trinajstić information content (AvgIpc) is 2.89. The van der Waals surface area contributed by atoms with Crippen LogP contribution >= 0.6 is 23.1 Å². The van der Waals surface area contributed by atoms with Gasteiger partial charge in [-0.3, -0.25) is 4.79 Å². The second kappa shape index (κ2) is 5.77. The van der Waals surface area contributed by atoms with E-state index in [9.17, 15) is 4.79 Å². The van der Waals surface area contributed by atoms with Crippen molar-refractivity contribution >= 4 is 39.1 Å². The van der Waals surface area contributed by atoms with Gasteiger partial charge in [-0.2, -0.15) is 0 Å². The van der Waals surface area contributed by atoms with E-state index >= 15 is 0 Å². The molecule has 0 bridgehead atoms. The van der Waals surface area contributed by atoms with E-state index < -0.39 is 0 Å². The van der Waals surface area contributed by atoms with E-state index in [1.807, 2.05) is 55.5 Å². The van der Waals surface area contributed by atoms with E-state index in [-0.39, 0.29) is 11.0 Å². The average molecular weight is 299 g/mol. The van der Waals surface area contributed by atoms with Gasteiger partial charge >= 0.3 is 0 Å². The number of carbonyl (C=O) groups is 1. The highest BCUT2D eigenvalue weighted by atomic mass is 32.2. The van der Waals surface area contributed by atoms with Gasteiger partial charge in [-0.05, 0) is 19.1 Å². The molecule has 0 saturated carbocycles.